The number of furan rings is 1. The maximum Gasteiger partial charge on any atom is 0.498 e. The summed E-state index contributed by atoms with van der Waals surface area (Å²) in [7, 11) is -0.540. The predicted molar refractivity (Wildman–Crippen MR) is 128 cm³/mol. The van der Waals surface area contributed by atoms with Crippen LogP contribution in [0, 0.1) is 6.92 Å². The van der Waals surface area contributed by atoms with Crippen LogP contribution in [-0.2, 0) is 31.9 Å². The third kappa shape index (κ3) is 4.66. The minimum Gasteiger partial charge on any atom is -0.488 e. The molecule has 0 aliphatic carbocycles. The molecule has 0 radical (unpaired) electrons. The highest BCUT2D eigenvalue weighted by atomic mass is 16.7. The van der Waals surface area contributed by atoms with Gasteiger partial charge < -0.3 is 23.2 Å². The van der Waals surface area contributed by atoms with Gasteiger partial charge in [0, 0.05) is 16.4 Å². The minimum atomic E-state index is -0.540. The molecule has 2 aromatic carbocycles. The summed E-state index contributed by atoms with van der Waals surface area (Å²) in [5.74, 6) is 0.436. The molecule has 0 bridgehead atoms. The van der Waals surface area contributed by atoms with E-state index in [0.717, 1.165) is 33.1 Å². The summed E-state index contributed by atoms with van der Waals surface area (Å²) in [5, 5.41) is 0.956. The van der Waals surface area contributed by atoms with E-state index in [1.165, 1.54) is 0 Å². The monoisotopic (exact) mass is 450 g/mol. The largest absolute Gasteiger partial charge is 0.498 e. The normalized spacial score (nSPS) is 16.8. The molecule has 3 aromatic rings. The first kappa shape index (κ1) is 23.4. The number of rotatable bonds is 7. The number of esters is 1. The number of benzene rings is 2. The lowest BCUT2D eigenvalue weighted by atomic mass is 9.77. The van der Waals surface area contributed by atoms with Gasteiger partial charge in [-0.2, -0.15) is 0 Å². The van der Waals surface area contributed by atoms with Crippen molar-refractivity contribution in [3.63, 3.8) is 0 Å². The molecule has 0 spiro atoms. The second-order valence-corrected chi connectivity index (χ2v) is 9.45. The number of carbonyl (C=O) groups is 1. The third-order valence-corrected chi connectivity index (χ3v) is 6.46. The van der Waals surface area contributed by atoms with E-state index in [1.54, 1.807) is 13.2 Å². The van der Waals surface area contributed by atoms with Gasteiger partial charge in [0.05, 0.1) is 30.5 Å². The molecule has 1 aliphatic heterocycles. The lowest BCUT2D eigenvalue weighted by Gasteiger charge is -2.32. The number of carbonyl (C=O) groups excluding carboxylic acids is 1. The maximum absolute atomic E-state index is 12.0. The van der Waals surface area contributed by atoms with Gasteiger partial charge in [-0.25, -0.2) is 0 Å². The standard InChI is InChI=1S/C26H31BO6/c1-7-29-22(28)15-19-10-8-9-17(2)23(19)31-16-18-13-20-11-12-30-24(20)21(14-18)27-32-25(3,4)26(5,6)33-27/h8-14H,7,15-16H2,1-6H3. The molecule has 1 aromatic heterocycles. The van der Waals surface area contributed by atoms with Gasteiger partial charge in [0.25, 0.3) is 0 Å². The van der Waals surface area contributed by atoms with E-state index >= 15 is 0 Å². The van der Waals surface area contributed by atoms with Crippen molar-refractivity contribution in [3.8, 4) is 5.75 Å². The first-order valence-electron chi connectivity index (χ1n) is 11.3. The summed E-state index contributed by atoms with van der Waals surface area (Å²) in [6.45, 7) is 12.6. The van der Waals surface area contributed by atoms with E-state index in [9.17, 15) is 4.79 Å². The Hall–Kier alpha value is -2.77. The molecule has 1 saturated heterocycles. The molecule has 0 saturated carbocycles. The lowest BCUT2D eigenvalue weighted by Crippen LogP contribution is -2.41. The average molecular weight is 450 g/mol. The van der Waals surface area contributed by atoms with Crippen molar-refractivity contribution in [3.05, 3.63) is 59.4 Å². The second-order valence-electron chi connectivity index (χ2n) is 9.45. The lowest BCUT2D eigenvalue weighted by molar-refractivity contribution is -0.142. The molecule has 33 heavy (non-hydrogen) atoms. The number of hydrogen-bond donors (Lipinski definition) is 0. The molecule has 174 valence electrons. The Labute approximate surface area is 195 Å². The number of para-hydroxylation sites is 1. The molecule has 7 heteroatoms. The Morgan fingerprint density at radius 3 is 2.48 bits per heavy atom. The third-order valence-electron chi connectivity index (χ3n) is 6.46. The molecular formula is C26H31BO6. The fourth-order valence-electron chi connectivity index (χ4n) is 3.98. The van der Waals surface area contributed by atoms with E-state index < -0.39 is 18.3 Å². The summed E-state index contributed by atoms with van der Waals surface area (Å²) in [4.78, 5) is 12.0. The Morgan fingerprint density at radius 2 is 1.79 bits per heavy atom. The molecule has 0 atom stereocenters. The molecule has 2 heterocycles. The van der Waals surface area contributed by atoms with Gasteiger partial charge in [-0.15, -0.1) is 0 Å². The fourth-order valence-corrected chi connectivity index (χ4v) is 3.98. The quantitative estimate of drug-likeness (QED) is 0.383. The highest BCUT2D eigenvalue weighted by Crippen LogP contribution is 2.37. The van der Waals surface area contributed by atoms with E-state index in [4.69, 9.17) is 23.2 Å². The first-order chi connectivity index (χ1) is 15.6. The summed E-state index contributed by atoms with van der Waals surface area (Å²) in [5.41, 5.74) is 3.41. The van der Waals surface area contributed by atoms with Crippen LogP contribution in [0.4, 0.5) is 0 Å². The van der Waals surface area contributed by atoms with Gasteiger partial charge in [0.1, 0.15) is 17.9 Å². The molecule has 4 rings (SSSR count). The van der Waals surface area contributed by atoms with Crippen LogP contribution < -0.4 is 10.2 Å². The van der Waals surface area contributed by atoms with Crippen LogP contribution >= 0.6 is 0 Å². The number of hydrogen-bond acceptors (Lipinski definition) is 6. The van der Waals surface area contributed by atoms with E-state index in [2.05, 4.69) is 0 Å². The Morgan fingerprint density at radius 1 is 1.06 bits per heavy atom. The Bertz CT molecular complexity index is 1150. The van der Waals surface area contributed by atoms with Crippen molar-refractivity contribution < 1.29 is 28.0 Å². The van der Waals surface area contributed by atoms with E-state index in [-0.39, 0.29) is 12.4 Å². The number of fused-ring (bicyclic) bond motifs is 1. The topological polar surface area (TPSA) is 67.1 Å². The molecule has 0 unspecified atom stereocenters. The van der Waals surface area contributed by atoms with Gasteiger partial charge >= 0.3 is 13.1 Å². The van der Waals surface area contributed by atoms with Crippen LogP contribution in [0.1, 0.15) is 51.3 Å². The molecule has 6 nitrogen and oxygen atoms in total. The highest BCUT2D eigenvalue weighted by Gasteiger charge is 2.52. The average Bonchev–Trinajstić information content (AvgIpc) is 3.28. The van der Waals surface area contributed by atoms with Gasteiger partial charge in [-0.3, -0.25) is 4.79 Å². The zero-order valence-electron chi connectivity index (χ0n) is 20.2. The van der Waals surface area contributed by atoms with Crippen molar-refractivity contribution in [2.45, 2.75) is 65.8 Å². The molecule has 0 N–H and O–H groups in total. The van der Waals surface area contributed by atoms with Crippen molar-refractivity contribution >= 4 is 29.5 Å². The smallest absolute Gasteiger partial charge is 0.488 e. The van der Waals surface area contributed by atoms with Crippen LogP contribution in [-0.4, -0.2) is 30.9 Å². The molecule has 1 fully saturated rings. The minimum absolute atomic E-state index is 0.171. The van der Waals surface area contributed by atoms with Crippen molar-refractivity contribution in [1.82, 2.24) is 0 Å². The van der Waals surface area contributed by atoms with Gasteiger partial charge in [0.15, 0.2) is 0 Å². The van der Waals surface area contributed by atoms with E-state index in [1.807, 2.05) is 71.0 Å². The predicted octanol–water partition coefficient (Wildman–Crippen LogP) is 4.73. The zero-order valence-corrected chi connectivity index (χ0v) is 20.2. The van der Waals surface area contributed by atoms with Gasteiger partial charge in [-0.1, -0.05) is 24.3 Å². The van der Waals surface area contributed by atoms with Crippen LogP contribution in [0.5, 0.6) is 5.75 Å². The number of ether oxygens (including phenoxy) is 2. The summed E-state index contributed by atoms with van der Waals surface area (Å²) < 4.78 is 29.7. The fraction of sp³-hybridized carbons (Fsp3) is 0.423. The SMILES string of the molecule is CCOC(=O)Cc1cccc(C)c1OCc1cc(B2OC(C)(C)C(C)(C)O2)c2occc2c1. The van der Waals surface area contributed by atoms with Crippen molar-refractivity contribution in [2.24, 2.45) is 0 Å². The summed E-state index contributed by atoms with van der Waals surface area (Å²) in [6, 6.07) is 11.8. The summed E-state index contributed by atoms with van der Waals surface area (Å²) in [6.07, 6.45) is 1.84. The second kappa shape index (κ2) is 8.88. The van der Waals surface area contributed by atoms with Crippen LogP contribution in [0.3, 0.4) is 0 Å². The Balaban J connectivity index is 1.61. The number of aryl methyl sites for hydroxylation is 1. The van der Waals surface area contributed by atoms with Gasteiger partial charge in [-0.05, 0) is 64.8 Å². The van der Waals surface area contributed by atoms with Crippen LogP contribution in [0.25, 0.3) is 11.0 Å². The zero-order chi connectivity index (χ0) is 23.8. The van der Waals surface area contributed by atoms with Gasteiger partial charge in [0.2, 0.25) is 0 Å². The van der Waals surface area contributed by atoms with E-state index in [0.29, 0.717) is 19.0 Å². The van der Waals surface area contributed by atoms with Crippen molar-refractivity contribution in [1.29, 1.82) is 0 Å². The van der Waals surface area contributed by atoms with Crippen LogP contribution in [0.2, 0.25) is 0 Å². The molecular weight excluding hydrogens is 419 g/mol. The molecule has 0 amide bonds. The van der Waals surface area contributed by atoms with Crippen LogP contribution in [0.15, 0.2) is 47.1 Å². The van der Waals surface area contributed by atoms with Crippen molar-refractivity contribution in [2.75, 3.05) is 6.61 Å². The first-order valence-corrected chi connectivity index (χ1v) is 11.3. The summed E-state index contributed by atoms with van der Waals surface area (Å²) >= 11 is 0. The maximum atomic E-state index is 12.0. The Kier molecular flexibility index (Phi) is 6.29. The molecule has 1 aliphatic rings. The highest BCUT2D eigenvalue weighted by molar-refractivity contribution is 6.64.